The summed E-state index contributed by atoms with van der Waals surface area (Å²) in [4.78, 5) is 11.7. The Morgan fingerprint density at radius 3 is 2.56 bits per heavy atom. The number of aryl methyl sites for hydroxylation is 1. The summed E-state index contributed by atoms with van der Waals surface area (Å²) in [6.07, 6.45) is 1.66. The van der Waals surface area contributed by atoms with Crippen molar-refractivity contribution in [2.75, 3.05) is 13.7 Å². The Bertz CT molecular complexity index is 775. The molecule has 2 rings (SSSR count). The van der Waals surface area contributed by atoms with Crippen molar-refractivity contribution in [2.45, 2.75) is 20.8 Å². The molecule has 0 heterocycles. The number of carboxylic acid groups (broad SMARTS) is 1. The smallest absolute Gasteiger partial charge is 0.336 e. The van der Waals surface area contributed by atoms with E-state index in [1.54, 1.807) is 25.3 Å². The van der Waals surface area contributed by atoms with Gasteiger partial charge in [-0.1, -0.05) is 32.0 Å². The molecule has 0 bridgehead atoms. The highest BCUT2D eigenvalue weighted by molar-refractivity contribution is 6.20. The minimum absolute atomic E-state index is 0.228. The van der Waals surface area contributed by atoms with E-state index in [4.69, 9.17) is 9.47 Å². The molecule has 0 atom stereocenters. The van der Waals surface area contributed by atoms with Crippen molar-refractivity contribution in [3.8, 4) is 11.5 Å². The first-order chi connectivity index (χ1) is 11.9. The minimum atomic E-state index is -0.974. The Labute approximate surface area is 148 Å². The van der Waals surface area contributed by atoms with Crippen LogP contribution in [0.5, 0.6) is 11.5 Å². The summed E-state index contributed by atoms with van der Waals surface area (Å²) in [6.45, 7) is 6.68. The molecule has 4 heteroatoms. The first kappa shape index (κ1) is 18.6. The molecule has 0 radical (unpaired) electrons. The second kappa shape index (κ2) is 8.38. The molecular weight excluding hydrogens is 316 g/mol. The molecule has 4 nitrogen and oxygen atoms in total. The SMILES string of the molecule is COc1ccc(/C(=C/c2cccc(OCC(C)C)c2)C(=O)O)cc1C. The lowest BCUT2D eigenvalue weighted by Gasteiger charge is -2.10. The van der Waals surface area contributed by atoms with Gasteiger partial charge in [0, 0.05) is 0 Å². The van der Waals surface area contributed by atoms with E-state index in [0.717, 1.165) is 22.6 Å². The summed E-state index contributed by atoms with van der Waals surface area (Å²) in [5.74, 6) is 0.921. The van der Waals surface area contributed by atoms with Crippen molar-refractivity contribution in [3.05, 3.63) is 59.2 Å². The molecule has 0 aliphatic rings. The first-order valence-electron chi connectivity index (χ1n) is 8.23. The number of hydrogen-bond acceptors (Lipinski definition) is 3. The number of ether oxygens (including phenoxy) is 2. The Morgan fingerprint density at radius 2 is 1.96 bits per heavy atom. The van der Waals surface area contributed by atoms with Crippen LogP contribution in [0.2, 0.25) is 0 Å². The quantitative estimate of drug-likeness (QED) is 0.588. The lowest BCUT2D eigenvalue weighted by atomic mass is 10.0. The van der Waals surface area contributed by atoms with Crippen LogP contribution in [0.4, 0.5) is 0 Å². The van der Waals surface area contributed by atoms with Crippen molar-refractivity contribution < 1.29 is 19.4 Å². The van der Waals surface area contributed by atoms with Crippen molar-refractivity contribution in [1.82, 2.24) is 0 Å². The van der Waals surface area contributed by atoms with Gasteiger partial charge in [-0.2, -0.15) is 0 Å². The average molecular weight is 340 g/mol. The van der Waals surface area contributed by atoms with E-state index < -0.39 is 5.97 Å². The van der Waals surface area contributed by atoms with Crippen LogP contribution < -0.4 is 9.47 Å². The molecule has 0 unspecified atom stereocenters. The summed E-state index contributed by atoms with van der Waals surface area (Å²) in [5, 5.41) is 9.62. The van der Waals surface area contributed by atoms with E-state index in [1.165, 1.54) is 0 Å². The van der Waals surface area contributed by atoms with E-state index in [9.17, 15) is 9.90 Å². The van der Waals surface area contributed by atoms with Gasteiger partial charge in [0.15, 0.2) is 0 Å². The second-order valence-corrected chi connectivity index (χ2v) is 6.32. The van der Waals surface area contributed by atoms with Crippen molar-refractivity contribution >= 4 is 17.6 Å². The Kier molecular flexibility index (Phi) is 6.23. The molecule has 0 amide bonds. The van der Waals surface area contributed by atoms with Crippen molar-refractivity contribution in [1.29, 1.82) is 0 Å². The second-order valence-electron chi connectivity index (χ2n) is 6.32. The fourth-order valence-electron chi connectivity index (χ4n) is 2.44. The number of rotatable bonds is 7. The molecule has 0 saturated carbocycles. The number of carboxylic acids is 1. The standard InChI is InChI=1S/C21H24O4/c1-14(2)13-25-18-7-5-6-16(11-18)12-19(21(22)23)17-8-9-20(24-4)15(3)10-17/h5-12,14H,13H2,1-4H3,(H,22,23)/b19-12-. The minimum Gasteiger partial charge on any atom is -0.496 e. The number of hydrogen-bond donors (Lipinski definition) is 1. The lowest BCUT2D eigenvalue weighted by Crippen LogP contribution is -2.04. The lowest BCUT2D eigenvalue weighted by molar-refractivity contribution is -0.130. The van der Waals surface area contributed by atoms with E-state index in [-0.39, 0.29) is 5.57 Å². The van der Waals surface area contributed by atoms with E-state index >= 15 is 0 Å². The van der Waals surface area contributed by atoms with Crippen LogP contribution >= 0.6 is 0 Å². The van der Waals surface area contributed by atoms with Gasteiger partial charge in [0.2, 0.25) is 0 Å². The van der Waals surface area contributed by atoms with Crippen molar-refractivity contribution in [3.63, 3.8) is 0 Å². The topological polar surface area (TPSA) is 55.8 Å². The molecule has 2 aromatic rings. The molecular formula is C21H24O4. The van der Waals surface area contributed by atoms with Crippen LogP contribution in [0, 0.1) is 12.8 Å². The normalized spacial score (nSPS) is 11.5. The van der Waals surface area contributed by atoms with Gasteiger partial charge in [0.1, 0.15) is 11.5 Å². The Hall–Kier alpha value is -2.75. The molecule has 0 fully saturated rings. The Morgan fingerprint density at radius 1 is 1.20 bits per heavy atom. The predicted molar refractivity (Wildman–Crippen MR) is 100 cm³/mol. The highest BCUT2D eigenvalue weighted by Crippen LogP contribution is 2.26. The highest BCUT2D eigenvalue weighted by atomic mass is 16.5. The molecule has 0 aromatic heterocycles. The van der Waals surface area contributed by atoms with Crippen molar-refractivity contribution in [2.24, 2.45) is 5.92 Å². The molecule has 0 aliphatic carbocycles. The van der Waals surface area contributed by atoms with Gasteiger partial charge >= 0.3 is 5.97 Å². The third-order valence-corrected chi connectivity index (χ3v) is 3.69. The summed E-state index contributed by atoms with van der Waals surface area (Å²) in [6, 6.07) is 12.8. The zero-order chi connectivity index (χ0) is 18.4. The molecule has 0 spiro atoms. The monoisotopic (exact) mass is 340 g/mol. The van der Waals surface area contributed by atoms with Crippen LogP contribution in [0.25, 0.3) is 11.6 Å². The fourth-order valence-corrected chi connectivity index (χ4v) is 2.44. The number of benzene rings is 2. The molecule has 1 N–H and O–H groups in total. The number of carbonyl (C=O) groups is 1. The van der Waals surface area contributed by atoms with Gasteiger partial charge in [0.05, 0.1) is 19.3 Å². The van der Waals surface area contributed by atoms with Crippen LogP contribution in [-0.4, -0.2) is 24.8 Å². The van der Waals surface area contributed by atoms with Crippen LogP contribution in [0.1, 0.15) is 30.5 Å². The van der Waals surface area contributed by atoms with Crippen LogP contribution in [0.15, 0.2) is 42.5 Å². The summed E-state index contributed by atoms with van der Waals surface area (Å²) >= 11 is 0. The van der Waals surface area contributed by atoms with Gasteiger partial charge in [-0.25, -0.2) is 4.79 Å². The van der Waals surface area contributed by atoms with Crippen LogP contribution in [0.3, 0.4) is 0 Å². The van der Waals surface area contributed by atoms with Gasteiger partial charge < -0.3 is 14.6 Å². The maximum absolute atomic E-state index is 11.7. The predicted octanol–water partition coefficient (Wildman–Crippen LogP) is 4.66. The third kappa shape index (κ3) is 5.11. The largest absolute Gasteiger partial charge is 0.496 e. The maximum Gasteiger partial charge on any atom is 0.336 e. The van der Waals surface area contributed by atoms with E-state index in [2.05, 4.69) is 13.8 Å². The number of aliphatic carboxylic acids is 1. The summed E-state index contributed by atoms with van der Waals surface area (Å²) in [7, 11) is 1.60. The third-order valence-electron chi connectivity index (χ3n) is 3.69. The number of methoxy groups -OCH3 is 1. The van der Waals surface area contributed by atoms with Gasteiger partial charge in [-0.05, 0) is 59.9 Å². The molecule has 2 aromatic carbocycles. The molecule has 132 valence electrons. The zero-order valence-corrected chi connectivity index (χ0v) is 15.1. The van der Waals surface area contributed by atoms with Gasteiger partial charge in [-0.3, -0.25) is 0 Å². The zero-order valence-electron chi connectivity index (χ0n) is 15.1. The molecule has 25 heavy (non-hydrogen) atoms. The first-order valence-corrected chi connectivity index (χ1v) is 8.23. The summed E-state index contributed by atoms with van der Waals surface area (Å²) in [5.41, 5.74) is 2.54. The molecule has 0 aliphatic heterocycles. The maximum atomic E-state index is 11.7. The average Bonchev–Trinajstić information content (AvgIpc) is 2.58. The van der Waals surface area contributed by atoms with Gasteiger partial charge in [0.25, 0.3) is 0 Å². The fraction of sp³-hybridized carbons (Fsp3) is 0.286. The highest BCUT2D eigenvalue weighted by Gasteiger charge is 2.12. The van der Waals surface area contributed by atoms with Crippen LogP contribution in [-0.2, 0) is 4.79 Å². The van der Waals surface area contributed by atoms with E-state index in [1.807, 2.05) is 37.3 Å². The Balaban J connectivity index is 2.35. The summed E-state index contributed by atoms with van der Waals surface area (Å²) < 4.78 is 10.9. The molecule has 0 saturated heterocycles. The van der Waals surface area contributed by atoms with E-state index in [0.29, 0.717) is 18.1 Å². The van der Waals surface area contributed by atoms with Gasteiger partial charge in [-0.15, -0.1) is 0 Å².